The second-order valence-corrected chi connectivity index (χ2v) is 5.48. The number of amides is 1. The van der Waals surface area contributed by atoms with Crippen molar-refractivity contribution in [3.63, 3.8) is 0 Å². The van der Waals surface area contributed by atoms with Gasteiger partial charge in [-0.3, -0.25) is 14.9 Å². The first-order chi connectivity index (χ1) is 12.9. The molecule has 1 aromatic carbocycles. The van der Waals surface area contributed by atoms with Crippen LogP contribution in [0.1, 0.15) is 23.0 Å². The lowest BCUT2D eigenvalue weighted by molar-refractivity contribution is -0.384. The number of carbonyl (C=O) groups is 2. The molecule has 1 atom stereocenters. The first-order valence-corrected chi connectivity index (χ1v) is 8.06. The van der Waals surface area contributed by atoms with Crippen LogP contribution in [0.3, 0.4) is 0 Å². The van der Waals surface area contributed by atoms with Gasteiger partial charge in [0.05, 0.1) is 29.9 Å². The number of ether oxygens (including phenoxy) is 1. The molecule has 0 bridgehead atoms. The summed E-state index contributed by atoms with van der Waals surface area (Å²) in [6, 6.07) is 6.96. The maximum absolute atomic E-state index is 12.4. The summed E-state index contributed by atoms with van der Waals surface area (Å²) in [6.07, 6.45) is 0.339. The van der Waals surface area contributed by atoms with Crippen LogP contribution in [-0.2, 0) is 16.1 Å². The van der Waals surface area contributed by atoms with E-state index in [0.717, 1.165) is 6.07 Å². The number of aliphatic hydroxyl groups is 1. The second-order valence-electron chi connectivity index (χ2n) is 5.48. The predicted molar refractivity (Wildman–Crippen MR) is 94.1 cm³/mol. The summed E-state index contributed by atoms with van der Waals surface area (Å²) >= 11 is 0. The fourth-order valence-corrected chi connectivity index (χ4v) is 2.17. The molecule has 10 heteroatoms. The van der Waals surface area contributed by atoms with E-state index in [9.17, 15) is 19.7 Å². The SMILES string of the molecule is C[C@H](OC(=O)c1cc([N+](=O)[O-])ccc1NCCO)C(=O)NCc1ccco1. The average Bonchev–Trinajstić information content (AvgIpc) is 3.17. The predicted octanol–water partition coefficient (Wildman–Crippen LogP) is 1.45. The van der Waals surface area contributed by atoms with Gasteiger partial charge in [-0.05, 0) is 25.1 Å². The Hall–Kier alpha value is -3.40. The highest BCUT2D eigenvalue weighted by Gasteiger charge is 2.23. The number of furan rings is 1. The molecular formula is C17H19N3O7. The molecule has 0 aliphatic rings. The second kappa shape index (κ2) is 9.34. The van der Waals surface area contributed by atoms with E-state index in [1.54, 1.807) is 12.1 Å². The number of benzene rings is 1. The number of hydrogen-bond acceptors (Lipinski definition) is 8. The van der Waals surface area contributed by atoms with E-state index in [2.05, 4.69) is 10.6 Å². The Morgan fingerprint density at radius 3 is 2.78 bits per heavy atom. The Labute approximate surface area is 154 Å². The summed E-state index contributed by atoms with van der Waals surface area (Å²) in [4.78, 5) is 34.8. The number of nitro benzene ring substituents is 1. The standard InChI is InChI=1S/C17H19N3O7/c1-11(16(22)19-10-13-3-2-8-26-13)27-17(23)14-9-12(20(24)25)4-5-15(14)18-6-7-21/h2-5,8-9,11,18,21H,6-7,10H2,1H3,(H,19,22)/t11-/m0/s1. The number of aliphatic hydroxyl groups excluding tert-OH is 1. The van der Waals surface area contributed by atoms with E-state index in [1.165, 1.54) is 25.3 Å². The normalized spacial score (nSPS) is 11.5. The maximum atomic E-state index is 12.4. The Balaban J connectivity index is 2.06. The zero-order chi connectivity index (χ0) is 19.8. The highest BCUT2D eigenvalue weighted by molar-refractivity contribution is 5.98. The zero-order valence-electron chi connectivity index (χ0n) is 14.5. The lowest BCUT2D eigenvalue weighted by Crippen LogP contribution is -2.35. The molecule has 0 unspecified atom stereocenters. The third kappa shape index (κ3) is 5.54. The first-order valence-electron chi connectivity index (χ1n) is 8.06. The quantitative estimate of drug-likeness (QED) is 0.338. The van der Waals surface area contributed by atoms with Gasteiger partial charge in [-0.25, -0.2) is 4.79 Å². The average molecular weight is 377 g/mol. The van der Waals surface area contributed by atoms with Crippen molar-refractivity contribution < 1.29 is 28.8 Å². The molecule has 3 N–H and O–H groups in total. The van der Waals surface area contributed by atoms with Crippen LogP contribution in [0.15, 0.2) is 41.0 Å². The van der Waals surface area contributed by atoms with Crippen molar-refractivity contribution in [1.29, 1.82) is 0 Å². The number of nitrogens with zero attached hydrogens (tertiary/aromatic N) is 1. The van der Waals surface area contributed by atoms with Gasteiger partial charge in [0.15, 0.2) is 6.10 Å². The van der Waals surface area contributed by atoms with E-state index in [4.69, 9.17) is 14.3 Å². The number of hydrogen-bond donors (Lipinski definition) is 3. The lowest BCUT2D eigenvalue weighted by Gasteiger charge is -2.15. The minimum Gasteiger partial charge on any atom is -0.467 e. The monoisotopic (exact) mass is 377 g/mol. The van der Waals surface area contributed by atoms with Crippen LogP contribution in [-0.4, -0.2) is 41.2 Å². The van der Waals surface area contributed by atoms with Crippen molar-refractivity contribution in [2.75, 3.05) is 18.5 Å². The van der Waals surface area contributed by atoms with Gasteiger partial charge < -0.3 is 24.9 Å². The summed E-state index contributed by atoms with van der Waals surface area (Å²) in [5, 5.41) is 25.2. The summed E-state index contributed by atoms with van der Waals surface area (Å²) < 4.78 is 10.2. The van der Waals surface area contributed by atoms with Gasteiger partial charge in [0, 0.05) is 24.4 Å². The van der Waals surface area contributed by atoms with Gasteiger partial charge in [0.25, 0.3) is 11.6 Å². The molecule has 0 fully saturated rings. The van der Waals surface area contributed by atoms with Crippen molar-refractivity contribution in [2.45, 2.75) is 19.6 Å². The van der Waals surface area contributed by atoms with Crippen molar-refractivity contribution in [1.82, 2.24) is 5.32 Å². The third-order valence-electron chi connectivity index (χ3n) is 3.53. The van der Waals surface area contributed by atoms with Crippen LogP contribution in [0.25, 0.3) is 0 Å². The zero-order valence-corrected chi connectivity index (χ0v) is 14.5. The number of nitrogens with one attached hydrogen (secondary N) is 2. The van der Waals surface area contributed by atoms with Gasteiger partial charge in [-0.2, -0.15) is 0 Å². The molecule has 0 saturated carbocycles. The maximum Gasteiger partial charge on any atom is 0.341 e. The van der Waals surface area contributed by atoms with E-state index >= 15 is 0 Å². The number of nitro groups is 1. The van der Waals surface area contributed by atoms with Gasteiger partial charge in [-0.1, -0.05) is 0 Å². The number of non-ortho nitro benzene ring substituents is 1. The molecule has 1 heterocycles. The molecule has 0 aliphatic heterocycles. The Morgan fingerprint density at radius 2 is 2.15 bits per heavy atom. The van der Waals surface area contributed by atoms with Crippen molar-refractivity contribution in [3.8, 4) is 0 Å². The molecule has 144 valence electrons. The van der Waals surface area contributed by atoms with Gasteiger partial charge in [0.1, 0.15) is 5.76 Å². The van der Waals surface area contributed by atoms with Crippen molar-refractivity contribution in [3.05, 3.63) is 58.0 Å². The van der Waals surface area contributed by atoms with Crippen LogP contribution >= 0.6 is 0 Å². The molecule has 27 heavy (non-hydrogen) atoms. The van der Waals surface area contributed by atoms with Gasteiger partial charge >= 0.3 is 5.97 Å². The van der Waals surface area contributed by atoms with E-state index < -0.39 is 22.9 Å². The van der Waals surface area contributed by atoms with Crippen LogP contribution in [0, 0.1) is 10.1 Å². The Morgan fingerprint density at radius 1 is 1.37 bits per heavy atom. The molecule has 10 nitrogen and oxygen atoms in total. The van der Waals surface area contributed by atoms with Crippen LogP contribution in [0.5, 0.6) is 0 Å². The van der Waals surface area contributed by atoms with E-state index in [-0.39, 0.29) is 36.6 Å². The van der Waals surface area contributed by atoms with Gasteiger partial charge in [-0.15, -0.1) is 0 Å². The van der Waals surface area contributed by atoms with E-state index in [1.807, 2.05) is 0 Å². The summed E-state index contributed by atoms with van der Waals surface area (Å²) in [7, 11) is 0. The molecule has 0 saturated heterocycles. The molecule has 0 spiro atoms. The highest BCUT2D eigenvalue weighted by atomic mass is 16.6. The number of rotatable bonds is 9. The van der Waals surface area contributed by atoms with Gasteiger partial charge in [0.2, 0.25) is 0 Å². The fourth-order valence-electron chi connectivity index (χ4n) is 2.17. The lowest BCUT2D eigenvalue weighted by atomic mass is 10.1. The number of carbonyl (C=O) groups excluding carboxylic acids is 2. The van der Waals surface area contributed by atoms with Crippen LogP contribution in [0.4, 0.5) is 11.4 Å². The Bertz CT molecular complexity index is 805. The molecule has 2 aromatic rings. The molecule has 2 rings (SSSR count). The first kappa shape index (κ1) is 19.9. The fraction of sp³-hybridized carbons (Fsp3) is 0.294. The number of esters is 1. The Kier molecular flexibility index (Phi) is 6.89. The van der Waals surface area contributed by atoms with Crippen molar-refractivity contribution in [2.24, 2.45) is 0 Å². The molecule has 1 amide bonds. The third-order valence-corrected chi connectivity index (χ3v) is 3.53. The highest BCUT2D eigenvalue weighted by Crippen LogP contribution is 2.23. The van der Waals surface area contributed by atoms with Crippen molar-refractivity contribution >= 4 is 23.3 Å². The molecule has 1 aromatic heterocycles. The molecule has 0 aliphatic carbocycles. The van der Waals surface area contributed by atoms with Crippen LogP contribution in [0.2, 0.25) is 0 Å². The summed E-state index contributed by atoms with van der Waals surface area (Å²) in [5.74, 6) is -0.911. The molecular weight excluding hydrogens is 358 g/mol. The minimum atomic E-state index is -1.13. The largest absolute Gasteiger partial charge is 0.467 e. The number of anilines is 1. The summed E-state index contributed by atoms with van der Waals surface area (Å²) in [6.45, 7) is 1.45. The minimum absolute atomic E-state index is 0.108. The molecule has 0 radical (unpaired) electrons. The van der Waals surface area contributed by atoms with Crippen LogP contribution < -0.4 is 10.6 Å². The van der Waals surface area contributed by atoms with E-state index in [0.29, 0.717) is 5.76 Å². The smallest absolute Gasteiger partial charge is 0.341 e. The topological polar surface area (TPSA) is 144 Å². The summed E-state index contributed by atoms with van der Waals surface area (Å²) in [5.41, 5.74) is -0.155.